The summed E-state index contributed by atoms with van der Waals surface area (Å²) < 4.78 is 5.50. The van der Waals surface area contributed by atoms with Gasteiger partial charge in [-0.25, -0.2) is 4.98 Å². The molecular formula is C21H18N4O2. The van der Waals surface area contributed by atoms with E-state index in [4.69, 9.17) is 10.00 Å². The SMILES string of the molecule is N#Cc1ccccc1Nc1ccc(NC(=O)CCOc2ccccc2)nc1. The van der Waals surface area contributed by atoms with Crippen LogP contribution in [-0.4, -0.2) is 17.5 Å². The molecule has 3 rings (SSSR count). The lowest BCUT2D eigenvalue weighted by atomic mass is 10.2. The van der Waals surface area contributed by atoms with Gasteiger partial charge in [0.05, 0.1) is 36.2 Å². The van der Waals surface area contributed by atoms with Gasteiger partial charge in [0.1, 0.15) is 17.6 Å². The normalized spacial score (nSPS) is 9.89. The van der Waals surface area contributed by atoms with E-state index in [0.717, 1.165) is 11.4 Å². The predicted molar refractivity (Wildman–Crippen MR) is 104 cm³/mol. The molecule has 2 N–H and O–H groups in total. The summed E-state index contributed by atoms with van der Waals surface area (Å²) >= 11 is 0. The van der Waals surface area contributed by atoms with Crippen LogP contribution in [0.1, 0.15) is 12.0 Å². The molecule has 0 saturated heterocycles. The standard InChI is InChI=1S/C21H18N4O2/c22-14-16-6-4-5-9-19(16)24-17-10-11-20(23-15-17)25-21(26)12-13-27-18-7-2-1-3-8-18/h1-11,15,24H,12-13H2,(H,23,25,26). The van der Waals surface area contributed by atoms with Crippen LogP contribution >= 0.6 is 0 Å². The van der Waals surface area contributed by atoms with Gasteiger partial charge >= 0.3 is 0 Å². The molecule has 1 amide bonds. The number of rotatable bonds is 7. The van der Waals surface area contributed by atoms with Crippen molar-refractivity contribution in [2.75, 3.05) is 17.2 Å². The summed E-state index contributed by atoms with van der Waals surface area (Å²) in [5.74, 6) is 1.02. The summed E-state index contributed by atoms with van der Waals surface area (Å²) in [6.07, 6.45) is 1.83. The molecule has 6 nitrogen and oxygen atoms in total. The lowest BCUT2D eigenvalue weighted by Gasteiger charge is -2.09. The first-order chi connectivity index (χ1) is 13.2. The maximum Gasteiger partial charge on any atom is 0.228 e. The van der Waals surface area contributed by atoms with E-state index in [1.165, 1.54) is 0 Å². The number of carbonyl (C=O) groups is 1. The number of carbonyl (C=O) groups excluding carboxylic acids is 1. The minimum absolute atomic E-state index is 0.172. The molecule has 0 unspecified atom stereocenters. The molecule has 0 radical (unpaired) electrons. The number of benzene rings is 2. The van der Waals surface area contributed by atoms with E-state index in [1.54, 1.807) is 24.4 Å². The molecule has 2 aromatic carbocycles. The van der Waals surface area contributed by atoms with E-state index in [-0.39, 0.29) is 12.3 Å². The smallest absolute Gasteiger partial charge is 0.228 e. The second kappa shape index (κ2) is 9.02. The summed E-state index contributed by atoms with van der Waals surface area (Å²) in [6, 6.07) is 22.2. The van der Waals surface area contributed by atoms with Crippen molar-refractivity contribution in [1.29, 1.82) is 5.26 Å². The Bertz CT molecular complexity index is 934. The molecular weight excluding hydrogens is 340 g/mol. The molecule has 6 heteroatoms. The summed E-state index contributed by atoms with van der Waals surface area (Å²) in [7, 11) is 0. The van der Waals surface area contributed by atoms with E-state index < -0.39 is 0 Å². The fourth-order valence-electron chi connectivity index (χ4n) is 2.37. The average molecular weight is 358 g/mol. The van der Waals surface area contributed by atoms with E-state index in [0.29, 0.717) is 23.7 Å². The Balaban J connectivity index is 1.50. The number of pyridine rings is 1. The van der Waals surface area contributed by atoms with Gasteiger partial charge in [0.25, 0.3) is 0 Å². The molecule has 0 aliphatic heterocycles. The number of nitrogens with zero attached hydrogens (tertiary/aromatic N) is 2. The minimum Gasteiger partial charge on any atom is -0.493 e. The number of aromatic nitrogens is 1. The summed E-state index contributed by atoms with van der Waals surface area (Å²) in [6.45, 7) is 0.292. The lowest BCUT2D eigenvalue weighted by molar-refractivity contribution is -0.116. The molecule has 3 aromatic rings. The number of nitrogens with one attached hydrogen (secondary N) is 2. The molecule has 134 valence electrons. The highest BCUT2D eigenvalue weighted by atomic mass is 16.5. The van der Waals surface area contributed by atoms with Crippen LogP contribution < -0.4 is 15.4 Å². The maximum absolute atomic E-state index is 12.0. The zero-order valence-electron chi connectivity index (χ0n) is 14.6. The van der Waals surface area contributed by atoms with Crippen molar-refractivity contribution in [1.82, 2.24) is 4.98 Å². The number of ether oxygens (including phenoxy) is 1. The number of nitriles is 1. The van der Waals surface area contributed by atoms with Crippen LogP contribution in [0, 0.1) is 11.3 Å². The van der Waals surface area contributed by atoms with Crippen molar-refractivity contribution in [2.24, 2.45) is 0 Å². The van der Waals surface area contributed by atoms with Gasteiger partial charge in [-0.3, -0.25) is 4.79 Å². The molecule has 1 aromatic heterocycles. The van der Waals surface area contributed by atoms with E-state index in [1.807, 2.05) is 48.5 Å². The molecule has 0 aliphatic carbocycles. The van der Waals surface area contributed by atoms with Crippen molar-refractivity contribution < 1.29 is 9.53 Å². The van der Waals surface area contributed by atoms with Gasteiger partial charge in [0.15, 0.2) is 0 Å². The molecule has 0 bridgehead atoms. The molecule has 0 spiro atoms. The number of hydrogen-bond acceptors (Lipinski definition) is 5. The van der Waals surface area contributed by atoms with E-state index >= 15 is 0 Å². The Morgan fingerprint density at radius 3 is 2.56 bits per heavy atom. The molecule has 1 heterocycles. The fourth-order valence-corrected chi connectivity index (χ4v) is 2.37. The largest absolute Gasteiger partial charge is 0.493 e. The average Bonchev–Trinajstić information content (AvgIpc) is 2.71. The Morgan fingerprint density at radius 2 is 1.81 bits per heavy atom. The third-order valence-corrected chi connectivity index (χ3v) is 3.70. The van der Waals surface area contributed by atoms with Gasteiger partial charge in [-0.15, -0.1) is 0 Å². The van der Waals surface area contributed by atoms with E-state index in [2.05, 4.69) is 21.7 Å². The number of anilines is 3. The van der Waals surface area contributed by atoms with Gasteiger partial charge in [0, 0.05) is 0 Å². The van der Waals surface area contributed by atoms with Gasteiger partial charge < -0.3 is 15.4 Å². The Hall–Kier alpha value is -3.85. The number of para-hydroxylation sites is 2. The molecule has 0 aliphatic rings. The Labute approximate surface area is 157 Å². The van der Waals surface area contributed by atoms with Crippen LogP contribution in [0.5, 0.6) is 5.75 Å². The minimum atomic E-state index is -0.172. The second-order valence-corrected chi connectivity index (χ2v) is 5.67. The molecule has 27 heavy (non-hydrogen) atoms. The van der Waals surface area contributed by atoms with Crippen LogP contribution in [-0.2, 0) is 4.79 Å². The Kier molecular flexibility index (Phi) is 6.00. The second-order valence-electron chi connectivity index (χ2n) is 5.67. The van der Waals surface area contributed by atoms with Gasteiger partial charge in [-0.2, -0.15) is 5.26 Å². The van der Waals surface area contributed by atoms with Crippen LogP contribution in [0.2, 0.25) is 0 Å². The zero-order valence-corrected chi connectivity index (χ0v) is 14.6. The van der Waals surface area contributed by atoms with E-state index in [9.17, 15) is 4.79 Å². The van der Waals surface area contributed by atoms with Gasteiger partial charge in [-0.05, 0) is 36.4 Å². The fraction of sp³-hybridized carbons (Fsp3) is 0.0952. The first kappa shape index (κ1) is 18.0. The van der Waals surface area contributed by atoms with Crippen molar-refractivity contribution in [3.8, 4) is 11.8 Å². The molecule has 0 fully saturated rings. The molecule has 0 atom stereocenters. The quantitative estimate of drug-likeness (QED) is 0.664. The van der Waals surface area contributed by atoms with Gasteiger partial charge in [-0.1, -0.05) is 30.3 Å². The monoisotopic (exact) mass is 358 g/mol. The lowest BCUT2D eigenvalue weighted by Crippen LogP contribution is -2.16. The van der Waals surface area contributed by atoms with Crippen LogP contribution in [0.3, 0.4) is 0 Å². The summed E-state index contributed by atoms with van der Waals surface area (Å²) in [5.41, 5.74) is 1.98. The van der Waals surface area contributed by atoms with Crippen LogP contribution in [0.15, 0.2) is 72.9 Å². The number of hydrogen-bond donors (Lipinski definition) is 2. The third kappa shape index (κ3) is 5.31. The summed E-state index contributed by atoms with van der Waals surface area (Å²) in [4.78, 5) is 16.2. The third-order valence-electron chi connectivity index (χ3n) is 3.70. The van der Waals surface area contributed by atoms with Gasteiger partial charge in [0.2, 0.25) is 5.91 Å². The maximum atomic E-state index is 12.0. The topological polar surface area (TPSA) is 87.0 Å². The predicted octanol–water partition coefficient (Wildman–Crippen LogP) is 4.10. The van der Waals surface area contributed by atoms with Crippen molar-refractivity contribution >= 4 is 23.1 Å². The highest BCUT2D eigenvalue weighted by molar-refractivity contribution is 5.89. The van der Waals surface area contributed by atoms with Crippen molar-refractivity contribution in [3.63, 3.8) is 0 Å². The first-order valence-electron chi connectivity index (χ1n) is 8.44. The highest BCUT2D eigenvalue weighted by Gasteiger charge is 2.05. The van der Waals surface area contributed by atoms with Crippen molar-refractivity contribution in [3.05, 3.63) is 78.5 Å². The van der Waals surface area contributed by atoms with Crippen LogP contribution in [0.25, 0.3) is 0 Å². The Morgan fingerprint density at radius 1 is 1.04 bits per heavy atom. The summed E-state index contributed by atoms with van der Waals surface area (Å²) in [5, 5.41) is 15.0. The first-order valence-corrected chi connectivity index (χ1v) is 8.44. The number of amides is 1. The van der Waals surface area contributed by atoms with Crippen LogP contribution in [0.4, 0.5) is 17.2 Å². The molecule has 0 saturated carbocycles. The van der Waals surface area contributed by atoms with Crippen molar-refractivity contribution in [2.45, 2.75) is 6.42 Å². The highest BCUT2D eigenvalue weighted by Crippen LogP contribution is 2.20. The zero-order chi connectivity index (χ0) is 18.9.